The first-order chi connectivity index (χ1) is 11.2. The van der Waals surface area contributed by atoms with Crippen LogP contribution >= 0.6 is 22.9 Å². The number of hydrogen-bond acceptors (Lipinski definition) is 3. The van der Waals surface area contributed by atoms with E-state index in [1.807, 2.05) is 41.8 Å². The molecule has 0 aliphatic heterocycles. The highest BCUT2D eigenvalue weighted by Gasteiger charge is 2.19. The summed E-state index contributed by atoms with van der Waals surface area (Å²) in [6.07, 6.45) is 1.93. The van der Waals surface area contributed by atoms with Crippen molar-refractivity contribution in [3.63, 3.8) is 0 Å². The summed E-state index contributed by atoms with van der Waals surface area (Å²) < 4.78 is 5.52. The second kappa shape index (κ2) is 7.49. The molecule has 0 fully saturated rings. The van der Waals surface area contributed by atoms with Gasteiger partial charge in [0.1, 0.15) is 5.76 Å². The van der Waals surface area contributed by atoms with Gasteiger partial charge in [-0.15, -0.1) is 11.3 Å². The standard InChI is InChI=1S/C18H16ClNO2S/c19-15-6-2-1-5-13(15)11-18(21)20-12-14(16-7-3-9-22-16)17-8-4-10-23-17/h1-10,14H,11-12H2,(H,20,21)/t14-/m0/s1. The van der Waals surface area contributed by atoms with E-state index < -0.39 is 0 Å². The van der Waals surface area contributed by atoms with E-state index in [2.05, 4.69) is 11.4 Å². The Morgan fingerprint density at radius 1 is 1.17 bits per heavy atom. The Morgan fingerprint density at radius 3 is 2.74 bits per heavy atom. The predicted molar refractivity (Wildman–Crippen MR) is 93.0 cm³/mol. The van der Waals surface area contributed by atoms with Gasteiger partial charge < -0.3 is 9.73 Å². The molecule has 2 aromatic heterocycles. The molecule has 1 atom stereocenters. The molecule has 118 valence electrons. The van der Waals surface area contributed by atoms with Crippen molar-refractivity contribution in [3.8, 4) is 0 Å². The van der Waals surface area contributed by atoms with Crippen molar-refractivity contribution in [3.05, 3.63) is 81.4 Å². The van der Waals surface area contributed by atoms with Gasteiger partial charge in [0.25, 0.3) is 0 Å². The highest BCUT2D eigenvalue weighted by molar-refractivity contribution is 7.10. The minimum Gasteiger partial charge on any atom is -0.469 e. The number of amides is 1. The van der Waals surface area contributed by atoms with Gasteiger partial charge in [-0.1, -0.05) is 35.9 Å². The molecule has 3 aromatic rings. The molecular weight excluding hydrogens is 330 g/mol. The molecule has 2 heterocycles. The van der Waals surface area contributed by atoms with Crippen LogP contribution in [0.3, 0.4) is 0 Å². The smallest absolute Gasteiger partial charge is 0.224 e. The normalized spacial score (nSPS) is 12.0. The number of halogens is 1. The van der Waals surface area contributed by atoms with Crippen LogP contribution in [0.4, 0.5) is 0 Å². The van der Waals surface area contributed by atoms with Gasteiger partial charge in [0.2, 0.25) is 5.91 Å². The Morgan fingerprint density at radius 2 is 2.04 bits per heavy atom. The van der Waals surface area contributed by atoms with Crippen LogP contribution in [-0.4, -0.2) is 12.5 Å². The summed E-state index contributed by atoms with van der Waals surface area (Å²) in [6, 6.07) is 15.2. The fraction of sp³-hybridized carbons (Fsp3) is 0.167. The summed E-state index contributed by atoms with van der Waals surface area (Å²) in [5.41, 5.74) is 0.831. The maximum atomic E-state index is 12.2. The number of nitrogens with one attached hydrogen (secondary N) is 1. The summed E-state index contributed by atoms with van der Waals surface area (Å²) in [5, 5.41) is 5.62. The van der Waals surface area contributed by atoms with Gasteiger partial charge in [-0.2, -0.15) is 0 Å². The zero-order valence-electron chi connectivity index (χ0n) is 12.4. The van der Waals surface area contributed by atoms with E-state index in [4.69, 9.17) is 16.0 Å². The summed E-state index contributed by atoms with van der Waals surface area (Å²) in [6.45, 7) is 0.497. The van der Waals surface area contributed by atoms with E-state index in [1.54, 1.807) is 23.7 Å². The van der Waals surface area contributed by atoms with Gasteiger partial charge in [0.15, 0.2) is 0 Å². The number of rotatable bonds is 6. The van der Waals surface area contributed by atoms with Crippen LogP contribution in [0.2, 0.25) is 5.02 Å². The SMILES string of the molecule is O=C(Cc1ccccc1Cl)NC[C@@H](c1ccco1)c1cccs1. The van der Waals surface area contributed by atoms with E-state index in [0.29, 0.717) is 11.6 Å². The third-order valence-electron chi connectivity index (χ3n) is 3.59. The van der Waals surface area contributed by atoms with Gasteiger partial charge in [-0.05, 0) is 35.2 Å². The lowest BCUT2D eigenvalue weighted by Gasteiger charge is -2.14. The van der Waals surface area contributed by atoms with Crippen molar-refractivity contribution >= 4 is 28.8 Å². The lowest BCUT2D eigenvalue weighted by molar-refractivity contribution is -0.120. The third-order valence-corrected chi connectivity index (χ3v) is 4.94. The van der Waals surface area contributed by atoms with Gasteiger partial charge in [-0.3, -0.25) is 4.79 Å². The van der Waals surface area contributed by atoms with Gasteiger partial charge >= 0.3 is 0 Å². The fourth-order valence-corrected chi connectivity index (χ4v) is 3.45. The van der Waals surface area contributed by atoms with Crippen molar-refractivity contribution in [2.24, 2.45) is 0 Å². The molecule has 3 nitrogen and oxygen atoms in total. The first-order valence-electron chi connectivity index (χ1n) is 7.31. The van der Waals surface area contributed by atoms with Gasteiger partial charge in [-0.25, -0.2) is 0 Å². The Labute approximate surface area is 143 Å². The van der Waals surface area contributed by atoms with E-state index in [1.165, 1.54) is 0 Å². The summed E-state index contributed by atoms with van der Waals surface area (Å²) in [4.78, 5) is 13.4. The Balaban J connectivity index is 1.65. The minimum atomic E-state index is -0.0498. The van der Waals surface area contributed by atoms with E-state index in [0.717, 1.165) is 16.2 Å². The topological polar surface area (TPSA) is 42.2 Å². The van der Waals surface area contributed by atoms with Crippen LogP contribution in [0.15, 0.2) is 64.6 Å². The number of carbonyl (C=O) groups is 1. The zero-order valence-corrected chi connectivity index (χ0v) is 13.9. The molecular formula is C18H16ClNO2S. The first-order valence-corrected chi connectivity index (χ1v) is 8.56. The van der Waals surface area contributed by atoms with Crippen molar-refractivity contribution in [1.82, 2.24) is 5.32 Å². The Kier molecular flexibility index (Phi) is 5.16. The third kappa shape index (κ3) is 4.03. The van der Waals surface area contributed by atoms with Crippen molar-refractivity contribution in [1.29, 1.82) is 0 Å². The number of furan rings is 1. The molecule has 1 amide bonds. The number of benzene rings is 1. The molecule has 1 aromatic carbocycles. The predicted octanol–water partition coefficient (Wildman–Crippen LogP) is 4.49. The molecule has 0 aliphatic rings. The second-order valence-electron chi connectivity index (χ2n) is 5.16. The minimum absolute atomic E-state index is 0.0280. The van der Waals surface area contributed by atoms with Crippen LogP contribution in [0.1, 0.15) is 22.1 Å². The largest absolute Gasteiger partial charge is 0.469 e. The van der Waals surface area contributed by atoms with Crippen molar-refractivity contribution < 1.29 is 9.21 Å². The average molecular weight is 346 g/mol. The van der Waals surface area contributed by atoms with Crippen LogP contribution in [0.5, 0.6) is 0 Å². The fourth-order valence-electron chi connectivity index (χ4n) is 2.41. The maximum absolute atomic E-state index is 12.2. The molecule has 0 bridgehead atoms. The van der Waals surface area contributed by atoms with Crippen molar-refractivity contribution in [2.75, 3.05) is 6.54 Å². The van der Waals surface area contributed by atoms with E-state index in [9.17, 15) is 4.79 Å². The Hall–Kier alpha value is -2.04. The molecule has 23 heavy (non-hydrogen) atoms. The van der Waals surface area contributed by atoms with Crippen LogP contribution in [-0.2, 0) is 11.2 Å². The summed E-state index contributed by atoms with van der Waals surface area (Å²) >= 11 is 7.76. The highest BCUT2D eigenvalue weighted by Crippen LogP contribution is 2.28. The lowest BCUT2D eigenvalue weighted by atomic mass is 10.0. The molecule has 0 saturated carbocycles. The molecule has 0 spiro atoms. The molecule has 0 saturated heterocycles. The molecule has 0 radical (unpaired) electrons. The summed E-state index contributed by atoms with van der Waals surface area (Å²) in [7, 11) is 0. The molecule has 5 heteroatoms. The maximum Gasteiger partial charge on any atom is 0.224 e. The average Bonchev–Trinajstić information content (AvgIpc) is 3.23. The van der Waals surface area contributed by atoms with Gasteiger partial charge in [0, 0.05) is 16.4 Å². The molecule has 3 rings (SSSR count). The molecule has 0 unspecified atom stereocenters. The zero-order chi connectivity index (χ0) is 16.1. The number of hydrogen-bond donors (Lipinski definition) is 1. The summed E-state index contributed by atoms with van der Waals surface area (Å²) in [5.74, 6) is 0.830. The highest BCUT2D eigenvalue weighted by atomic mass is 35.5. The molecule has 1 N–H and O–H groups in total. The van der Waals surface area contributed by atoms with Crippen LogP contribution < -0.4 is 5.32 Å². The van der Waals surface area contributed by atoms with E-state index in [-0.39, 0.29) is 18.2 Å². The lowest BCUT2D eigenvalue weighted by Crippen LogP contribution is -2.29. The van der Waals surface area contributed by atoms with Crippen LogP contribution in [0.25, 0.3) is 0 Å². The number of thiophene rings is 1. The molecule has 0 aliphatic carbocycles. The Bertz CT molecular complexity index is 719. The second-order valence-corrected chi connectivity index (χ2v) is 6.54. The monoisotopic (exact) mass is 345 g/mol. The number of carbonyl (C=O) groups excluding carboxylic acids is 1. The quantitative estimate of drug-likeness (QED) is 0.715. The van der Waals surface area contributed by atoms with Crippen LogP contribution in [0, 0.1) is 0 Å². The first kappa shape index (κ1) is 15.8. The van der Waals surface area contributed by atoms with E-state index >= 15 is 0 Å². The van der Waals surface area contributed by atoms with Crippen molar-refractivity contribution in [2.45, 2.75) is 12.3 Å². The van der Waals surface area contributed by atoms with Gasteiger partial charge in [0.05, 0.1) is 18.6 Å².